The van der Waals surface area contributed by atoms with E-state index in [1.807, 2.05) is 10.6 Å². The van der Waals surface area contributed by atoms with Crippen molar-refractivity contribution in [2.24, 2.45) is 11.8 Å². The first kappa shape index (κ1) is 57.4. The first-order valence-electron chi connectivity index (χ1n) is 21.1. The number of anilines is 1. The number of amides is 3. The number of pyridine rings is 1. The van der Waals surface area contributed by atoms with E-state index in [0.717, 1.165) is 42.7 Å². The summed E-state index contributed by atoms with van der Waals surface area (Å²) in [7, 11) is -14.0. The van der Waals surface area contributed by atoms with Crippen LogP contribution in [0.15, 0.2) is 53.7 Å². The maximum atomic E-state index is 15.4. The number of hydrogen-bond donors (Lipinski definition) is 6. The topological polar surface area (TPSA) is 263 Å². The van der Waals surface area contributed by atoms with Gasteiger partial charge in [-0.15, -0.1) is 0 Å². The van der Waals surface area contributed by atoms with Gasteiger partial charge in [-0.25, -0.2) is 40.0 Å². The van der Waals surface area contributed by atoms with E-state index < -0.39 is 181 Å². The quantitative estimate of drug-likeness (QED) is 0.0218. The number of nitrogens with zero attached hydrogens (tertiary/aromatic N) is 4. The van der Waals surface area contributed by atoms with Crippen molar-refractivity contribution >= 4 is 73.7 Å². The summed E-state index contributed by atoms with van der Waals surface area (Å²) in [5, 5.41) is 16.6. The zero-order chi connectivity index (χ0) is 55.5. The maximum Gasteiger partial charge on any atom is 0.469 e. The molecule has 2 aliphatic rings. The average molecular weight is 1140 g/mol. The molecule has 1 saturated carbocycles. The molecule has 0 spiro atoms. The van der Waals surface area contributed by atoms with Crippen molar-refractivity contribution in [3.63, 3.8) is 0 Å². The van der Waals surface area contributed by atoms with Gasteiger partial charge in [-0.2, -0.15) is 44.5 Å². The highest BCUT2D eigenvalue weighted by atomic mass is 35.5. The fraction of sp³-hybridized carbons (Fsp3) is 0.405. The number of carbonyl (C=O) groups is 2. The van der Waals surface area contributed by atoms with Crippen LogP contribution in [0.3, 0.4) is 0 Å². The molecule has 6 rings (SSSR count). The fourth-order valence-corrected chi connectivity index (χ4v) is 9.39. The molecule has 3 amide bonds. The summed E-state index contributed by atoms with van der Waals surface area (Å²) in [6, 6.07) is 2.80. The van der Waals surface area contributed by atoms with E-state index in [-0.39, 0.29) is 25.8 Å². The molecule has 0 radical (unpaired) electrons. The summed E-state index contributed by atoms with van der Waals surface area (Å²) in [5.41, 5.74) is -7.17. The minimum atomic E-state index is -5.37. The second-order valence-electron chi connectivity index (χ2n) is 17.3. The number of phosphoric ester groups is 1. The van der Waals surface area contributed by atoms with Gasteiger partial charge in [0.2, 0.25) is 15.9 Å². The van der Waals surface area contributed by atoms with Gasteiger partial charge in [-0.1, -0.05) is 23.6 Å². The van der Waals surface area contributed by atoms with Crippen molar-refractivity contribution in [2.45, 2.75) is 62.3 Å². The van der Waals surface area contributed by atoms with Crippen LogP contribution in [0, 0.1) is 40.7 Å². The lowest BCUT2D eigenvalue weighted by Gasteiger charge is -2.24. The first-order chi connectivity index (χ1) is 33.8. The standard InChI is InChI=1S/C42H40ClF10N8O10PS2/c1-39(2,73(3,67)68)10-9-23-5-6-24(25-7-8-28(43)32-34(25)60(19-40(46,47)48)59-37(32)61(74(4,69)70)38(63)55-11-12-71-72(64,65)66)33(57-23)29(15-20-13-21(44)16-22(45)14-20)58-30(62)18-56-36-31(35(54)42(51,52)53)26-17-27(26)41(36,49)50/h5-8,13-14,16,26-27,29,54,56H,11-12,15,17-19H2,1-4H3,(H,55,63)(H,58,62)(H2,64,65,66)/t26-,27+,29-/m0/s1. The second-order valence-corrected chi connectivity index (χ2v) is 23.4. The molecule has 402 valence electrons. The molecule has 2 aromatic heterocycles. The predicted molar refractivity (Wildman–Crippen MR) is 245 cm³/mol. The van der Waals surface area contributed by atoms with Crippen LogP contribution in [0.25, 0.3) is 22.0 Å². The summed E-state index contributed by atoms with van der Waals surface area (Å²) in [4.78, 5) is 49.9. The molecular formula is C42H40ClF10N8O10PS2. The zero-order valence-corrected chi connectivity index (χ0v) is 41.7. The Balaban J connectivity index is 1.59. The Morgan fingerprint density at radius 1 is 1.03 bits per heavy atom. The number of aromatic nitrogens is 3. The Bertz CT molecular complexity index is 3320. The fourth-order valence-electron chi connectivity index (χ4n) is 7.78. The molecule has 0 saturated heterocycles. The number of phosphoric acid groups is 1. The van der Waals surface area contributed by atoms with Gasteiger partial charge in [0.15, 0.2) is 15.7 Å². The van der Waals surface area contributed by atoms with Gasteiger partial charge in [0.1, 0.15) is 34.3 Å². The lowest BCUT2D eigenvalue weighted by atomic mass is 9.93. The van der Waals surface area contributed by atoms with Crippen LogP contribution in [0.4, 0.5) is 54.5 Å². The molecule has 32 heteroatoms. The van der Waals surface area contributed by atoms with Gasteiger partial charge in [0, 0.05) is 41.5 Å². The number of urea groups is 1. The van der Waals surface area contributed by atoms with E-state index in [2.05, 4.69) is 31.8 Å². The van der Waals surface area contributed by atoms with Crippen molar-refractivity contribution in [1.82, 2.24) is 30.7 Å². The van der Waals surface area contributed by atoms with Gasteiger partial charge >= 0.3 is 26.2 Å². The molecule has 0 aliphatic heterocycles. The molecule has 2 heterocycles. The number of rotatable bonds is 17. The molecule has 2 aromatic carbocycles. The van der Waals surface area contributed by atoms with E-state index >= 15 is 8.78 Å². The number of hydrogen-bond acceptors (Lipinski definition) is 12. The van der Waals surface area contributed by atoms with Crippen LogP contribution < -0.4 is 20.3 Å². The van der Waals surface area contributed by atoms with Crippen LogP contribution in [-0.2, 0) is 46.7 Å². The molecule has 3 atom stereocenters. The Kier molecular flexibility index (Phi) is 15.8. The third kappa shape index (κ3) is 13.0. The summed E-state index contributed by atoms with van der Waals surface area (Å²) in [6.07, 6.45) is -10.4. The third-order valence-electron chi connectivity index (χ3n) is 11.4. The molecule has 18 nitrogen and oxygen atoms in total. The van der Waals surface area contributed by atoms with E-state index in [1.165, 1.54) is 13.8 Å². The summed E-state index contributed by atoms with van der Waals surface area (Å²) >= 11 is 6.57. The highest BCUT2D eigenvalue weighted by molar-refractivity contribution is 7.93. The zero-order valence-electron chi connectivity index (χ0n) is 38.4. The number of benzene rings is 2. The van der Waals surface area contributed by atoms with Crippen molar-refractivity contribution in [2.75, 3.05) is 36.5 Å². The number of halogens is 11. The highest BCUT2D eigenvalue weighted by Crippen LogP contribution is 2.63. The monoisotopic (exact) mass is 1140 g/mol. The summed E-state index contributed by atoms with van der Waals surface area (Å²) < 4.78 is 210. The van der Waals surface area contributed by atoms with Crippen molar-refractivity contribution in [1.29, 1.82) is 5.41 Å². The lowest BCUT2D eigenvalue weighted by molar-refractivity contribution is -0.141. The van der Waals surface area contributed by atoms with E-state index in [9.17, 15) is 66.1 Å². The van der Waals surface area contributed by atoms with Crippen LogP contribution in [0.2, 0.25) is 5.02 Å². The highest BCUT2D eigenvalue weighted by Gasteiger charge is 2.67. The van der Waals surface area contributed by atoms with Crippen LogP contribution in [0.5, 0.6) is 0 Å². The minimum absolute atomic E-state index is 0.125. The Hall–Kier alpha value is -5.83. The number of fused-ring (bicyclic) bond motifs is 2. The number of carbonyl (C=O) groups excluding carboxylic acids is 2. The van der Waals surface area contributed by atoms with Gasteiger partial charge < -0.3 is 25.7 Å². The van der Waals surface area contributed by atoms with Crippen LogP contribution in [0.1, 0.15) is 43.3 Å². The number of alkyl halides is 8. The first-order valence-corrected chi connectivity index (χ1v) is 26.7. The molecule has 4 aromatic rings. The van der Waals surface area contributed by atoms with Gasteiger partial charge in [-0.05, 0) is 74.4 Å². The number of allylic oxidation sites excluding steroid dienone is 2. The number of sulfone groups is 1. The van der Waals surface area contributed by atoms with Gasteiger partial charge in [0.05, 0.1) is 52.8 Å². The lowest BCUT2D eigenvalue weighted by Crippen LogP contribution is -2.44. The number of nitrogens with one attached hydrogen (secondary N) is 4. The van der Waals surface area contributed by atoms with Crippen molar-refractivity contribution in [3.8, 4) is 23.0 Å². The van der Waals surface area contributed by atoms with E-state index in [0.29, 0.717) is 12.3 Å². The molecule has 0 bridgehead atoms. The SMILES string of the molecule is CC(C)(C#Cc1ccc(-c2ccc(Cl)c3c(N(C(=O)NCCOP(=O)(O)O)S(C)(=O)=O)nn(CC(F)(F)F)c23)c([C@H](Cc2cc(F)cc(F)c2)NC(=O)CNC2=C(C(=N)C(F)(F)F)[C@H]3C[C@H]3C2(F)F)n1)S(C)(=O)=O. The largest absolute Gasteiger partial charge is 0.469 e. The van der Waals surface area contributed by atoms with Crippen LogP contribution in [-0.4, -0.2) is 114 Å². The Morgan fingerprint density at radius 3 is 2.22 bits per heavy atom. The van der Waals surface area contributed by atoms with Gasteiger partial charge in [0.25, 0.3) is 5.92 Å². The van der Waals surface area contributed by atoms with E-state index in [1.54, 1.807) is 0 Å². The van der Waals surface area contributed by atoms with Crippen molar-refractivity contribution < 1.29 is 89.2 Å². The molecule has 0 unspecified atom stereocenters. The molecular weight excluding hydrogens is 1100 g/mol. The molecule has 2 aliphatic carbocycles. The average Bonchev–Trinajstić information content (AvgIpc) is 3.91. The maximum absolute atomic E-state index is 15.4. The normalized spacial score (nSPS) is 17.3. The predicted octanol–water partition coefficient (Wildman–Crippen LogP) is 6.46. The smallest absolute Gasteiger partial charge is 0.374 e. The minimum Gasteiger partial charge on any atom is -0.374 e. The van der Waals surface area contributed by atoms with Crippen LogP contribution >= 0.6 is 19.4 Å². The Labute approximate surface area is 418 Å². The van der Waals surface area contributed by atoms with E-state index in [4.69, 9.17) is 26.8 Å². The molecule has 74 heavy (non-hydrogen) atoms. The van der Waals surface area contributed by atoms with Crippen molar-refractivity contribution in [3.05, 3.63) is 87.3 Å². The molecule has 6 N–H and O–H groups in total. The Morgan fingerprint density at radius 2 is 1.65 bits per heavy atom. The van der Waals surface area contributed by atoms with Gasteiger partial charge in [-0.3, -0.25) is 19.4 Å². The summed E-state index contributed by atoms with van der Waals surface area (Å²) in [5.74, 6) is -6.69. The number of sulfonamides is 1. The molecule has 1 fully saturated rings. The summed E-state index contributed by atoms with van der Waals surface area (Å²) in [6.45, 7) is -2.58. The third-order valence-corrected chi connectivity index (χ3v) is 15.2. The second kappa shape index (κ2) is 20.4.